The number of hydrogen-bond acceptors (Lipinski definition) is 9. The van der Waals surface area contributed by atoms with Crippen LogP contribution in [-0.2, 0) is 37.7 Å². The molecule has 326 valence electrons. The maximum absolute atomic E-state index is 12.9. The van der Waals surface area contributed by atoms with Crippen LogP contribution >= 0.6 is 8.25 Å². The zero-order valence-corrected chi connectivity index (χ0v) is 38.4. The van der Waals surface area contributed by atoms with Crippen molar-refractivity contribution in [3.63, 3.8) is 0 Å². The van der Waals surface area contributed by atoms with Gasteiger partial charge in [-0.25, -0.2) is 0 Å². The van der Waals surface area contributed by atoms with E-state index in [1.165, 1.54) is 83.5 Å². The SMILES string of the molecule is CC(C)CCCC(C)CCCC(C)CCCC(C)CC(=O)OCC(COO[P+](=O)OCCN)OC(=O)CC(C)CCCC(C)CCCC(C)CCCC(C)C. The first-order chi connectivity index (χ1) is 26.1. The van der Waals surface area contributed by atoms with Crippen molar-refractivity contribution >= 4 is 20.2 Å². The van der Waals surface area contributed by atoms with Crippen LogP contribution in [0.3, 0.4) is 0 Å². The molecule has 0 aromatic heterocycles. The summed E-state index contributed by atoms with van der Waals surface area (Å²) in [4.78, 5) is 30.7. The summed E-state index contributed by atoms with van der Waals surface area (Å²) in [7, 11) is -2.53. The molecule has 0 aliphatic carbocycles. The van der Waals surface area contributed by atoms with Gasteiger partial charge >= 0.3 is 20.2 Å². The molecular weight excluding hydrogens is 713 g/mol. The van der Waals surface area contributed by atoms with Gasteiger partial charge in [-0.1, -0.05) is 185 Å². The van der Waals surface area contributed by atoms with Crippen molar-refractivity contribution in [2.75, 3.05) is 26.4 Å². The van der Waals surface area contributed by atoms with Crippen LogP contribution in [0.4, 0.5) is 0 Å². The molecule has 0 amide bonds. The van der Waals surface area contributed by atoms with E-state index in [2.05, 4.69) is 69.2 Å². The third-order valence-electron chi connectivity index (χ3n) is 11.0. The van der Waals surface area contributed by atoms with Crippen molar-refractivity contribution in [3.8, 4) is 0 Å². The highest BCUT2D eigenvalue weighted by atomic mass is 31.1. The highest BCUT2D eigenvalue weighted by Gasteiger charge is 2.26. The molecule has 0 rings (SSSR count). The van der Waals surface area contributed by atoms with E-state index in [0.29, 0.717) is 18.3 Å². The van der Waals surface area contributed by atoms with Gasteiger partial charge in [0, 0.05) is 24.0 Å². The van der Waals surface area contributed by atoms with Gasteiger partial charge in [-0.2, -0.15) is 4.89 Å². The van der Waals surface area contributed by atoms with E-state index >= 15 is 0 Å². The second kappa shape index (κ2) is 34.9. The summed E-state index contributed by atoms with van der Waals surface area (Å²) in [6.07, 6.45) is 21.8. The van der Waals surface area contributed by atoms with Crippen molar-refractivity contribution in [2.24, 2.45) is 53.1 Å². The molecular formula is C45H89NO8P+. The Balaban J connectivity index is 4.58. The molecule has 10 heteroatoms. The fourth-order valence-electron chi connectivity index (χ4n) is 7.25. The van der Waals surface area contributed by atoms with Gasteiger partial charge in [-0.3, -0.25) is 9.59 Å². The summed E-state index contributed by atoms with van der Waals surface area (Å²) < 4.78 is 32.7. The summed E-state index contributed by atoms with van der Waals surface area (Å²) in [6.45, 7) is 22.6. The van der Waals surface area contributed by atoms with E-state index in [-0.39, 0.29) is 56.6 Å². The van der Waals surface area contributed by atoms with Crippen LogP contribution in [0.15, 0.2) is 0 Å². The number of rotatable bonds is 38. The Labute approximate surface area is 340 Å². The largest absolute Gasteiger partial charge is 0.728 e. The number of carbonyl (C=O) groups excluding carboxylic acids is 2. The third kappa shape index (κ3) is 35.8. The Hall–Kier alpha value is -1.12. The zero-order chi connectivity index (χ0) is 41.4. The van der Waals surface area contributed by atoms with E-state index in [1.807, 2.05) is 0 Å². The molecule has 0 saturated carbocycles. The molecule has 2 N–H and O–H groups in total. The molecule has 0 aliphatic rings. The van der Waals surface area contributed by atoms with Crippen LogP contribution in [0.25, 0.3) is 0 Å². The Kier molecular flexibility index (Phi) is 34.2. The molecule has 0 heterocycles. The van der Waals surface area contributed by atoms with Crippen LogP contribution in [0.2, 0.25) is 0 Å². The van der Waals surface area contributed by atoms with Crippen molar-refractivity contribution in [3.05, 3.63) is 0 Å². The first-order valence-corrected chi connectivity index (χ1v) is 23.6. The smallest absolute Gasteiger partial charge is 0.462 e. The first-order valence-electron chi connectivity index (χ1n) is 22.6. The normalized spacial score (nSPS) is 16.1. The lowest BCUT2D eigenvalue weighted by molar-refractivity contribution is -0.234. The summed E-state index contributed by atoms with van der Waals surface area (Å²) in [5.74, 6) is 4.20. The van der Waals surface area contributed by atoms with Crippen molar-refractivity contribution < 1.29 is 37.7 Å². The molecule has 0 spiro atoms. The van der Waals surface area contributed by atoms with Crippen molar-refractivity contribution in [1.29, 1.82) is 0 Å². The fraction of sp³-hybridized carbons (Fsp3) is 0.956. The van der Waals surface area contributed by atoms with Gasteiger partial charge < -0.3 is 15.2 Å². The topological polar surface area (TPSA) is 123 Å². The van der Waals surface area contributed by atoms with Crippen LogP contribution in [0.5, 0.6) is 0 Å². The van der Waals surface area contributed by atoms with Gasteiger partial charge in [-0.05, 0) is 47.3 Å². The number of hydrogen-bond donors (Lipinski definition) is 1. The molecule has 0 aromatic rings. The fourth-order valence-corrected chi connectivity index (χ4v) is 7.70. The van der Waals surface area contributed by atoms with E-state index in [1.54, 1.807) is 0 Å². The van der Waals surface area contributed by atoms with Crippen molar-refractivity contribution in [2.45, 2.75) is 204 Å². The summed E-state index contributed by atoms with van der Waals surface area (Å²) in [6, 6.07) is 0. The zero-order valence-electron chi connectivity index (χ0n) is 37.5. The molecule has 0 fully saturated rings. The Morgan fingerprint density at radius 2 is 0.873 bits per heavy atom. The molecule has 0 saturated heterocycles. The first kappa shape index (κ1) is 53.9. The average Bonchev–Trinajstić information content (AvgIpc) is 3.09. The van der Waals surface area contributed by atoms with Crippen LogP contribution < -0.4 is 5.73 Å². The Bertz CT molecular complexity index is 950. The van der Waals surface area contributed by atoms with Gasteiger partial charge in [-0.15, -0.1) is 4.52 Å². The maximum Gasteiger partial charge on any atom is 0.728 e. The predicted molar refractivity (Wildman–Crippen MR) is 227 cm³/mol. The molecule has 0 radical (unpaired) electrons. The quantitative estimate of drug-likeness (QED) is 0.0281. The lowest BCUT2D eigenvalue weighted by Crippen LogP contribution is -2.30. The minimum absolute atomic E-state index is 0.0537. The molecule has 0 aromatic carbocycles. The molecule has 0 bridgehead atoms. The monoisotopic (exact) mass is 803 g/mol. The van der Waals surface area contributed by atoms with Gasteiger partial charge in [0.25, 0.3) is 0 Å². The van der Waals surface area contributed by atoms with E-state index < -0.39 is 14.4 Å². The minimum Gasteiger partial charge on any atom is -0.462 e. The second-order valence-corrected chi connectivity index (χ2v) is 19.3. The molecule has 0 aliphatic heterocycles. The number of esters is 2. The second-order valence-electron chi connectivity index (χ2n) is 18.4. The molecule has 55 heavy (non-hydrogen) atoms. The lowest BCUT2D eigenvalue weighted by atomic mass is 9.91. The minimum atomic E-state index is -2.53. The standard InChI is InChI=1S/C45H89NO8P/c1-35(2)17-11-19-37(5)21-13-23-39(7)25-15-27-41(9)31-44(47)50-33-43(34-51-54-55(49)52-30-29-46)53-45(48)32-42(10)28-16-26-40(8)24-14-22-38(6)20-12-18-36(3)4/h35-43H,11-34,46H2,1-10H3/q+1. The van der Waals surface area contributed by atoms with Gasteiger partial charge in [0.2, 0.25) is 0 Å². The summed E-state index contributed by atoms with van der Waals surface area (Å²) in [5.41, 5.74) is 5.37. The molecule has 8 atom stereocenters. The molecule has 9 nitrogen and oxygen atoms in total. The Morgan fingerprint density at radius 1 is 0.509 bits per heavy atom. The highest BCUT2D eigenvalue weighted by molar-refractivity contribution is 7.33. The van der Waals surface area contributed by atoms with E-state index in [0.717, 1.165) is 55.8 Å². The van der Waals surface area contributed by atoms with Gasteiger partial charge in [0.05, 0.1) is 4.67 Å². The average molecular weight is 803 g/mol. The van der Waals surface area contributed by atoms with Gasteiger partial charge in [0.1, 0.15) is 19.8 Å². The Morgan fingerprint density at radius 3 is 1.25 bits per heavy atom. The van der Waals surface area contributed by atoms with Gasteiger partial charge in [0.15, 0.2) is 6.10 Å². The number of carbonyl (C=O) groups is 2. The van der Waals surface area contributed by atoms with Crippen molar-refractivity contribution in [1.82, 2.24) is 0 Å². The highest BCUT2D eigenvalue weighted by Crippen LogP contribution is 2.26. The third-order valence-corrected chi connectivity index (χ3v) is 11.6. The van der Waals surface area contributed by atoms with E-state index in [9.17, 15) is 14.2 Å². The predicted octanol–water partition coefficient (Wildman–Crippen LogP) is 13.0. The summed E-state index contributed by atoms with van der Waals surface area (Å²) in [5, 5.41) is 0. The van der Waals surface area contributed by atoms with Crippen LogP contribution in [0, 0.1) is 47.3 Å². The molecule has 8 unspecified atom stereocenters. The maximum atomic E-state index is 12.9. The lowest BCUT2D eigenvalue weighted by Gasteiger charge is -2.19. The van der Waals surface area contributed by atoms with Crippen LogP contribution in [-0.4, -0.2) is 44.4 Å². The van der Waals surface area contributed by atoms with E-state index in [4.69, 9.17) is 29.3 Å². The summed E-state index contributed by atoms with van der Waals surface area (Å²) >= 11 is 0. The number of ether oxygens (including phenoxy) is 2. The van der Waals surface area contributed by atoms with Crippen LogP contribution in [0.1, 0.15) is 198 Å². The number of nitrogens with two attached hydrogens (primary N) is 1.